The molecule has 10 aromatic rings. The Bertz CT molecular complexity index is 4860. The van der Waals surface area contributed by atoms with Crippen LogP contribution in [0.3, 0.4) is 0 Å². The van der Waals surface area contributed by atoms with Gasteiger partial charge in [0.25, 0.3) is 0 Å². The number of nitrogen functional groups attached to an aromatic ring is 1. The van der Waals surface area contributed by atoms with E-state index >= 15 is 0 Å². The van der Waals surface area contributed by atoms with Crippen molar-refractivity contribution < 1.29 is 73.8 Å². The summed E-state index contributed by atoms with van der Waals surface area (Å²) in [6.07, 6.45) is 1.91. The summed E-state index contributed by atoms with van der Waals surface area (Å²) in [5.74, 6) is 5.86. The SMILES string of the molecule is CC1Nc2ccc(Nc3ncc(C(F)(F)F)c(NC4CC4)n3)cc2O1.COc1cc(Nc2ncc(Br)c(Oc3ccccc3CC(C)=O)n2)cc(OC)c1OC.COc1cc(Nc2ncc(Br)c(Oc3ccccc3N)n2)cc(OC)c1OC.FC(F)(F)c1cnc(Nc2ccc3c(c2)CC=N3)nc1NC1CC1. The molecule has 14 rings (SSSR count). The molecule has 2 aliphatic carbocycles. The maximum Gasteiger partial charge on any atom is 0.421 e. The zero-order valence-corrected chi connectivity index (χ0v) is 62.1. The number of nitrogens with two attached hydrogens (primary N) is 1. The van der Waals surface area contributed by atoms with Crippen LogP contribution in [0.2, 0.25) is 0 Å². The van der Waals surface area contributed by atoms with Crippen LogP contribution < -0.4 is 85.6 Å². The van der Waals surface area contributed by atoms with Gasteiger partial charge in [-0.15, -0.1) is 0 Å². The van der Waals surface area contributed by atoms with Crippen molar-refractivity contribution >= 4 is 119 Å². The number of halogens is 8. The molecule has 2 aliphatic heterocycles. The number of benzene rings is 6. The van der Waals surface area contributed by atoms with Crippen LogP contribution in [-0.4, -0.2) is 113 Å². The van der Waals surface area contributed by atoms with Crippen molar-refractivity contribution in [3.8, 4) is 63.5 Å². The van der Waals surface area contributed by atoms with Gasteiger partial charge in [0.1, 0.15) is 40.0 Å². The van der Waals surface area contributed by atoms with Crippen LogP contribution in [0.1, 0.15) is 61.8 Å². The fourth-order valence-corrected chi connectivity index (χ4v) is 10.9. The Balaban J connectivity index is 0.000000144. The topological polar surface area (TPSA) is 326 Å². The molecule has 35 heteroatoms. The lowest BCUT2D eigenvalue weighted by atomic mass is 10.1. The van der Waals surface area contributed by atoms with Crippen molar-refractivity contribution in [2.75, 3.05) is 85.6 Å². The number of hydrogen-bond acceptors (Lipinski definition) is 27. The Morgan fingerprint density at radius 3 is 1.46 bits per heavy atom. The highest BCUT2D eigenvalue weighted by atomic mass is 79.9. The van der Waals surface area contributed by atoms with Crippen LogP contribution in [0, 0.1) is 0 Å². The number of nitrogens with zero attached hydrogens (tertiary/aromatic N) is 9. The molecule has 4 aliphatic rings. The molecule has 0 amide bonds. The fraction of sp³-hybridized carbons (Fsp3) is 0.260. The number of rotatable bonds is 24. The number of Topliss-reactive ketones (excluding diaryl/α,β-unsaturated/α-hetero) is 1. The molecular weight excluding hydrogens is 1550 g/mol. The van der Waals surface area contributed by atoms with Gasteiger partial charge in [-0.05, 0) is 125 Å². The minimum Gasteiger partial charge on any atom is -0.493 e. The number of carbonyl (C=O) groups excluding carboxylic acids is 1. The van der Waals surface area contributed by atoms with Crippen LogP contribution in [-0.2, 0) is 30.0 Å². The first-order chi connectivity index (χ1) is 51.9. The zero-order valence-electron chi connectivity index (χ0n) is 59.0. The number of hydrogen-bond donors (Lipinski definition) is 8. The van der Waals surface area contributed by atoms with Crippen molar-refractivity contribution in [1.29, 1.82) is 0 Å². The van der Waals surface area contributed by atoms with Gasteiger partial charge in [-0.1, -0.05) is 30.3 Å². The van der Waals surface area contributed by atoms with Gasteiger partial charge in [0.2, 0.25) is 47.1 Å². The second-order valence-corrected chi connectivity index (χ2v) is 25.7. The highest BCUT2D eigenvalue weighted by molar-refractivity contribution is 9.11. The molecule has 108 heavy (non-hydrogen) atoms. The third-order valence-electron chi connectivity index (χ3n) is 15.8. The lowest BCUT2D eigenvalue weighted by Gasteiger charge is -2.15. The predicted molar refractivity (Wildman–Crippen MR) is 402 cm³/mol. The molecule has 2 fully saturated rings. The van der Waals surface area contributed by atoms with Crippen molar-refractivity contribution in [3.63, 3.8) is 0 Å². The van der Waals surface area contributed by atoms with Crippen LogP contribution in [0.15, 0.2) is 148 Å². The second kappa shape index (κ2) is 34.6. The monoisotopic (exact) mass is 1620 g/mol. The summed E-state index contributed by atoms with van der Waals surface area (Å²) < 4.78 is 129. The van der Waals surface area contributed by atoms with E-state index in [0.717, 1.165) is 72.7 Å². The van der Waals surface area contributed by atoms with Gasteiger partial charge in [0.05, 0.1) is 81.1 Å². The van der Waals surface area contributed by atoms with Gasteiger partial charge in [0.15, 0.2) is 35.0 Å². The van der Waals surface area contributed by atoms with E-state index in [1.165, 1.54) is 6.92 Å². The third kappa shape index (κ3) is 20.4. The Kier molecular flexibility index (Phi) is 24.7. The average Bonchev–Trinajstić information content (AvgIpc) is 1.82. The molecule has 9 N–H and O–H groups in total. The van der Waals surface area contributed by atoms with Crippen LogP contribution in [0.4, 0.5) is 102 Å². The smallest absolute Gasteiger partial charge is 0.421 e. The van der Waals surface area contributed by atoms with Crippen LogP contribution in [0.25, 0.3) is 0 Å². The summed E-state index contributed by atoms with van der Waals surface area (Å²) in [7, 11) is 9.27. The first-order valence-electron chi connectivity index (χ1n) is 33.0. The zero-order chi connectivity index (χ0) is 76.8. The van der Waals surface area contributed by atoms with Gasteiger partial charge in [-0.2, -0.15) is 46.3 Å². The number of carbonyl (C=O) groups is 1. The molecule has 0 radical (unpaired) electrons. The molecule has 0 spiro atoms. The third-order valence-corrected chi connectivity index (χ3v) is 16.9. The Labute approximate surface area is 631 Å². The van der Waals surface area contributed by atoms with E-state index in [4.69, 9.17) is 48.4 Å². The molecule has 564 valence electrons. The van der Waals surface area contributed by atoms with Crippen LogP contribution in [0.5, 0.6) is 63.5 Å². The molecule has 2 saturated carbocycles. The van der Waals surface area contributed by atoms with Gasteiger partial charge in [-0.3, -0.25) is 9.79 Å². The Hall–Kier alpha value is -11.9. The molecule has 27 nitrogen and oxygen atoms in total. The summed E-state index contributed by atoms with van der Waals surface area (Å²) in [4.78, 5) is 48.8. The first kappa shape index (κ1) is 77.2. The standard InChI is InChI=1S/C22H22BrN3O5.C19H19BrN4O4.C16H16F3N5O.C16H14F3N5/c1-13(27)9-14-7-5-6-8-17(14)31-21-16(23)12-24-22(26-21)25-15-10-18(28-2)20(30-4)19(11-15)29-3;1-25-15-8-11(9-16(26-2)17(15)27-3)23-19-22-10-12(20)18(24-19)28-14-7-5-4-6-13(14)21;1-8-21-12-5-4-10(6-13(12)25-8)23-15-20-7-11(16(17,18)19)14(24-15)22-9-2-3-9;17-16(18,19)12-8-21-15(24-14(12)22-10-1-2-10)23-11-3-4-13-9(7-11)5-6-20-13/h5-8,10-12H,9H2,1-4H3,(H,24,25,26);4-10H,21H2,1-3H3,(H,22,23,24);4-9,21H,2-3H2,1H3,(H2,20,22,23,24);3-4,6-8,10H,1-2,5H2,(H2,21,22,23,24). The number of fused-ring (bicyclic) bond motifs is 2. The molecule has 6 heterocycles. The van der Waals surface area contributed by atoms with Crippen molar-refractivity contribution in [2.24, 2.45) is 4.99 Å². The van der Waals surface area contributed by atoms with E-state index in [9.17, 15) is 31.1 Å². The summed E-state index contributed by atoms with van der Waals surface area (Å²) in [6, 6.07) is 32.5. The van der Waals surface area contributed by atoms with E-state index in [2.05, 4.69) is 114 Å². The number of ketones is 1. The first-order valence-corrected chi connectivity index (χ1v) is 34.6. The van der Waals surface area contributed by atoms with Crippen LogP contribution >= 0.6 is 31.9 Å². The number of methoxy groups -OCH3 is 6. The largest absolute Gasteiger partial charge is 0.493 e. The highest BCUT2D eigenvalue weighted by Crippen LogP contribution is 2.45. The van der Waals surface area contributed by atoms with E-state index in [0.29, 0.717) is 107 Å². The van der Waals surface area contributed by atoms with Gasteiger partial charge in [0, 0.05) is 102 Å². The number of aliphatic imine (C=N–C) groups is 1. The Morgan fingerprint density at radius 2 is 0.991 bits per heavy atom. The molecule has 0 saturated heterocycles. The summed E-state index contributed by atoms with van der Waals surface area (Å²) >= 11 is 6.80. The van der Waals surface area contributed by atoms with E-state index in [-0.39, 0.29) is 54.0 Å². The maximum absolute atomic E-state index is 13.1. The normalized spacial score (nSPS) is 13.6. The number of para-hydroxylation sites is 3. The lowest BCUT2D eigenvalue weighted by Crippen LogP contribution is -2.15. The summed E-state index contributed by atoms with van der Waals surface area (Å²) in [6.45, 7) is 3.42. The number of ether oxygens (including phenoxy) is 9. The van der Waals surface area contributed by atoms with Gasteiger partial charge in [-0.25, -0.2) is 19.9 Å². The maximum atomic E-state index is 13.1. The minimum atomic E-state index is -4.50. The van der Waals surface area contributed by atoms with E-state index in [1.54, 1.807) is 116 Å². The van der Waals surface area contributed by atoms with Gasteiger partial charge >= 0.3 is 12.4 Å². The lowest BCUT2D eigenvalue weighted by molar-refractivity contribution is -0.138. The number of aromatic nitrogens is 8. The van der Waals surface area contributed by atoms with Crippen molar-refractivity contribution in [3.05, 3.63) is 165 Å². The Morgan fingerprint density at radius 1 is 0.546 bits per heavy atom. The molecule has 1 atom stereocenters. The summed E-state index contributed by atoms with van der Waals surface area (Å²) in [5, 5.41) is 20.9. The highest BCUT2D eigenvalue weighted by Gasteiger charge is 2.38. The minimum absolute atomic E-state index is 0.0440. The molecule has 1 unspecified atom stereocenters. The summed E-state index contributed by atoms with van der Waals surface area (Å²) in [5.41, 5.74) is 11.0. The van der Waals surface area contributed by atoms with E-state index < -0.39 is 23.5 Å². The molecular formula is C73H71Br2F6N17O10. The van der Waals surface area contributed by atoms with Crippen molar-refractivity contribution in [1.82, 2.24) is 39.9 Å². The molecule has 0 bridgehead atoms. The number of anilines is 12. The second-order valence-electron chi connectivity index (χ2n) is 24.0. The number of alkyl halides is 6. The predicted octanol–water partition coefficient (Wildman–Crippen LogP) is 17.4. The molecule has 6 aromatic carbocycles. The fourth-order valence-electron chi connectivity index (χ4n) is 10.4. The van der Waals surface area contributed by atoms with E-state index in [1.807, 2.05) is 61.7 Å². The number of nitrogens with one attached hydrogen (secondary N) is 7. The van der Waals surface area contributed by atoms with Crippen molar-refractivity contribution in [2.45, 2.75) is 83.0 Å². The van der Waals surface area contributed by atoms with Gasteiger partial charge < -0.3 is 85.6 Å². The quantitative estimate of drug-likeness (QED) is 0.0206. The average molecular weight is 1620 g/mol. The molecule has 4 aromatic heterocycles.